The number of nitrogens with zero attached hydrogens (tertiary/aromatic N) is 2. The first-order valence-electron chi connectivity index (χ1n) is 9.87. The summed E-state index contributed by atoms with van der Waals surface area (Å²) in [4.78, 5) is 4.22. The van der Waals surface area contributed by atoms with Crippen LogP contribution in [0, 0.1) is 18.6 Å². The van der Waals surface area contributed by atoms with Gasteiger partial charge in [-0.15, -0.1) is 0 Å². The van der Waals surface area contributed by atoms with Gasteiger partial charge in [0.05, 0.1) is 0 Å². The second-order valence-electron chi connectivity index (χ2n) is 7.38. The fourth-order valence-corrected chi connectivity index (χ4v) is 3.83. The molecule has 2 heterocycles. The van der Waals surface area contributed by atoms with Crippen LogP contribution >= 0.6 is 0 Å². The van der Waals surface area contributed by atoms with E-state index in [9.17, 15) is 8.78 Å². The molecule has 1 aliphatic rings. The standard InChI is InChI=1S/C23H24F2N2O3/c1-16-26-9-10-27(16)18-5-3-17(4-6-18)15-30-19-13-20(22(25)21(24)14-19)23(28-2)7-11-29-12-8-23/h3-6,9-10,13-14H,7-8,11-12,15H2,1-2H3. The molecule has 3 aromatic rings. The predicted octanol–water partition coefficient (Wildman–Crippen LogP) is 4.69. The highest BCUT2D eigenvalue weighted by Crippen LogP contribution is 2.39. The van der Waals surface area contributed by atoms with E-state index in [-0.39, 0.29) is 17.9 Å². The highest BCUT2D eigenvalue weighted by atomic mass is 19.2. The van der Waals surface area contributed by atoms with E-state index in [1.54, 1.807) is 6.20 Å². The maximum atomic E-state index is 14.6. The fraction of sp³-hybridized carbons (Fsp3) is 0.348. The van der Waals surface area contributed by atoms with Crippen LogP contribution in [-0.4, -0.2) is 29.9 Å². The summed E-state index contributed by atoms with van der Waals surface area (Å²) in [6.45, 7) is 3.03. The summed E-state index contributed by atoms with van der Waals surface area (Å²) in [6, 6.07) is 10.4. The Morgan fingerprint density at radius 1 is 1.13 bits per heavy atom. The SMILES string of the molecule is COC1(c2cc(OCc3ccc(-n4ccnc4C)cc3)cc(F)c2F)CCOCC1. The van der Waals surface area contributed by atoms with Gasteiger partial charge in [0.2, 0.25) is 0 Å². The smallest absolute Gasteiger partial charge is 0.165 e. The fourth-order valence-electron chi connectivity index (χ4n) is 3.83. The van der Waals surface area contributed by atoms with Crippen LogP contribution in [0.3, 0.4) is 0 Å². The zero-order valence-electron chi connectivity index (χ0n) is 17.0. The Bertz CT molecular complexity index is 1010. The lowest BCUT2D eigenvalue weighted by molar-refractivity contribution is -0.0969. The van der Waals surface area contributed by atoms with E-state index in [0.29, 0.717) is 26.1 Å². The van der Waals surface area contributed by atoms with Gasteiger partial charge in [0.15, 0.2) is 11.6 Å². The Balaban J connectivity index is 1.52. The number of aromatic nitrogens is 2. The van der Waals surface area contributed by atoms with Gasteiger partial charge in [-0.2, -0.15) is 0 Å². The average Bonchev–Trinajstić information content (AvgIpc) is 3.21. The second-order valence-corrected chi connectivity index (χ2v) is 7.38. The van der Waals surface area contributed by atoms with Gasteiger partial charge in [-0.05, 0) is 30.7 Å². The van der Waals surface area contributed by atoms with Gasteiger partial charge < -0.3 is 18.8 Å². The number of benzene rings is 2. The molecule has 0 N–H and O–H groups in total. The van der Waals surface area contributed by atoms with E-state index in [1.165, 1.54) is 13.2 Å². The molecule has 5 nitrogen and oxygen atoms in total. The third kappa shape index (κ3) is 3.95. The van der Waals surface area contributed by atoms with Crippen molar-refractivity contribution in [3.63, 3.8) is 0 Å². The minimum absolute atomic E-state index is 0.175. The average molecular weight is 414 g/mol. The van der Waals surface area contributed by atoms with Crippen LogP contribution in [0.2, 0.25) is 0 Å². The lowest BCUT2D eigenvalue weighted by atomic mass is 9.85. The molecule has 0 amide bonds. The number of rotatable bonds is 6. The summed E-state index contributed by atoms with van der Waals surface area (Å²) in [5.74, 6) is -0.683. The molecule has 158 valence electrons. The minimum atomic E-state index is -0.948. The summed E-state index contributed by atoms with van der Waals surface area (Å²) in [7, 11) is 1.51. The molecule has 4 rings (SSSR count). The molecule has 0 saturated carbocycles. The van der Waals surface area contributed by atoms with Crippen LogP contribution in [0.1, 0.15) is 29.8 Å². The summed E-state index contributed by atoms with van der Waals surface area (Å²) in [5, 5.41) is 0. The van der Waals surface area contributed by atoms with E-state index >= 15 is 0 Å². The van der Waals surface area contributed by atoms with Crippen LogP contribution in [0.4, 0.5) is 8.78 Å². The van der Waals surface area contributed by atoms with Gasteiger partial charge in [0.25, 0.3) is 0 Å². The molecule has 0 spiro atoms. The number of halogens is 2. The normalized spacial score (nSPS) is 15.9. The van der Waals surface area contributed by atoms with E-state index in [0.717, 1.165) is 23.1 Å². The minimum Gasteiger partial charge on any atom is -0.489 e. The molecular formula is C23H24F2N2O3. The van der Waals surface area contributed by atoms with Crippen molar-refractivity contribution < 1.29 is 23.0 Å². The van der Waals surface area contributed by atoms with Gasteiger partial charge in [0, 0.05) is 62.9 Å². The maximum Gasteiger partial charge on any atom is 0.165 e. The Morgan fingerprint density at radius 2 is 1.87 bits per heavy atom. The number of aryl methyl sites for hydroxylation is 1. The molecule has 1 fully saturated rings. The van der Waals surface area contributed by atoms with Gasteiger partial charge in [-0.1, -0.05) is 12.1 Å². The van der Waals surface area contributed by atoms with Crippen LogP contribution in [0.5, 0.6) is 5.75 Å². The monoisotopic (exact) mass is 414 g/mol. The lowest BCUT2D eigenvalue weighted by Crippen LogP contribution is -2.36. The molecule has 0 aliphatic carbocycles. The van der Waals surface area contributed by atoms with Crippen molar-refractivity contribution in [1.29, 1.82) is 0 Å². The van der Waals surface area contributed by atoms with Crippen molar-refractivity contribution in [2.24, 2.45) is 0 Å². The lowest BCUT2D eigenvalue weighted by Gasteiger charge is -2.36. The summed E-state index contributed by atoms with van der Waals surface area (Å²) < 4.78 is 47.7. The molecular weight excluding hydrogens is 390 g/mol. The Morgan fingerprint density at radius 3 is 2.50 bits per heavy atom. The second kappa shape index (κ2) is 8.53. The van der Waals surface area contributed by atoms with Crippen LogP contribution in [0.25, 0.3) is 5.69 Å². The first kappa shape index (κ1) is 20.5. The van der Waals surface area contributed by atoms with Crippen molar-refractivity contribution >= 4 is 0 Å². The molecule has 0 radical (unpaired) electrons. The summed E-state index contributed by atoms with van der Waals surface area (Å²) in [5.41, 5.74) is 1.17. The Hall–Kier alpha value is -2.77. The van der Waals surface area contributed by atoms with Gasteiger partial charge in [-0.3, -0.25) is 0 Å². The number of hydrogen-bond acceptors (Lipinski definition) is 4. The van der Waals surface area contributed by atoms with Gasteiger partial charge >= 0.3 is 0 Å². The molecule has 0 atom stereocenters. The topological polar surface area (TPSA) is 45.5 Å². The third-order valence-electron chi connectivity index (χ3n) is 5.63. The number of imidazole rings is 1. The van der Waals surface area contributed by atoms with E-state index in [2.05, 4.69) is 4.98 Å². The highest BCUT2D eigenvalue weighted by molar-refractivity contribution is 5.37. The molecule has 0 bridgehead atoms. The summed E-state index contributed by atoms with van der Waals surface area (Å²) in [6.07, 6.45) is 4.56. The van der Waals surface area contributed by atoms with Crippen molar-refractivity contribution in [2.45, 2.75) is 32.0 Å². The first-order chi connectivity index (χ1) is 14.5. The quantitative estimate of drug-likeness (QED) is 0.587. The zero-order valence-corrected chi connectivity index (χ0v) is 17.0. The van der Waals surface area contributed by atoms with Crippen LogP contribution in [-0.2, 0) is 21.7 Å². The highest BCUT2D eigenvalue weighted by Gasteiger charge is 2.38. The van der Waals surface area contributed by atoms with E-state index in [4.69, 9.17) is 14.2 Å². The zero-order chi connectivity index (χ0) is 21.1. The van der Waals surface area contributed by atoms with Crippen molar-refractivity contribution in [3.8, 4) is 11.4 Å². The molecule has 0 unspecified atom stereocenters. The van der Waals surface area contributed by atoms with Crippen molar-refractivity contribution in [1.82, 2.24) is 9.55 Å². The number of methoxy groups -OCH3 is 1. The van der Waals surface area contributed by atoms with E-state index < -0.39 is 17.2 Å². The molecule has 30 heavy (non-hydrogen) atoms. The van der Waals surface area contributed by atoms with E-state index in [1.807, 2.05) is 42.0 Å². The largest absolute Gasteiger partial charge is 0.489 e. The number of ether oxygens (including phenoxy) is 3. The Kier molecular flexibility index (Phi) is 5.83. The maximum absolute atomic E-state index is 14.6. The van der Waals surface area contributed by atoms with Crippen molar-refractivity contribution in [3.05, 3.63) is 77.4 Å². The molecule has 1 saturated heterocycles. The van der Waals surface area contributed by atoms with Crippen LogP contribution in [0.15, 0.2) is 48.8 Å². The van der Waals surface area contributed by atoms with Crippen LogP contribution < -0.4 is 4.74 Å². The molecule has 1 aromatic heterocycles. The molecule has 2 aromatic carbocycles. The van der Waals surface area contributed by atoms with Crippen molar-refractivity contribution in [2.75, 3.05) is 20.3 Å². The molecule has 7 heteroatoms. The van der Waals surface area contributed by atoms with Gasteiger partial charge in [-0.25, -0.2) is 13.8 Å². The summed E-state index contributed by atoms with van der Waals surface area (Å²) >= 11 is 0. The molecule has 1 aliphatic heterocycles. The number of hydrogen-bond donors (Lipinski definition) is 0. The third-order valence-corrected chi connectivity index (χ3v) is 5.63. The first-order valence-corrected chi connectivity index (χ1v) is 9.87. The Labute approximate surface area is 174 Å². The van der Waals surface area contributed by atoms with Gasteiger partial charge in [0.1, 0.15) is 23.8 Å². The predicted molar refractivity (Wildman–Crippen MR) is 108 cm³/mol.